The third-order valence-corrected chi connectivity index (χ3v) is 2.92. The summed E-state index contributed by atoms with van der Waals surface area (Å²) in [5, 5.41) is 0. The summed E-state index contributed by atoms with van der Waals surface area (Å²) in [5.74, 6) is -0.345. The molecule has 0 saturated carbocycles. The lowest BCUT2D eigenvalue weighted by molar-refractivity contribution is 0.0991. The molecule has 0 bridgehead atoms. The van der Waals surface area contributed by atoms with Crippen LogP contribution >= 0.6 is 0 Å². The van der Waals surface area contributed by atoms with Gasteiger partial charge in [0, 0.05) is 37.7 Å². The Morgan fingerprint density at radius 1 is 1.26 bits per heavy atom. The average Bonchev–Trinajstić information content (AvgIpc) is 2.46. The highest BCUT2D eigenvalue weighted by Gasteiger charge is 2.15. The summed E-state index contributed by atoms with van der Waals surface area (Å²) in [7, 11) is 1.63. The number of hydrogen-bond acceptors (Lipinski definition) is 3. The molecule has 0 atom stereocenters. The van der Waals surface area contributed by atoms with Crippen molar-refractivity contribution in [2.45, 2.75) is 6.54 Å². The van der Waals surface area contributed by atoms with Crippen molar-refractivity contribution in [3.8, 4) is 0 Å². The van der Waals surface area contributed by atoms with Crippen LogP contribution in [0.25, 0.3) is 0 Å². The van der Waals surface area contributed by atoms with E-state index in [1.807, 2.05) is 12.1 Å². The maximum Gasteiger partial charge on any atom is 0.263 e. The highest BCUT2D eigenvalue weighted by molar-refractivity contribution is 6.05. The lowest BCUT2D eigenvalue weighted by Gasteiger charge is -2.17. The molecule has 0 aliphatic rings. The number of benzene rings is 1. The van der Waals surface area contributed by atoms with Gasteiger partial charge < -0.3 is 15.6 Å². The number of nitrogens with one attached hydrogen (secondary N) is 1. The fraction of sp³-hybridized carbons (Fsp3) is 0.143. The molecule has 1 aromatic heterocycles. The lowest BCUT2D eigenvalue weighted by atomic mass is 10.2. The predicted octanol–water partition coefficient (Wildman–Crippen LogP) is 1.11. The van der Waals surface area contributed by atoms with Gasteiger partial charge in [-0.15, -0.1) is 0 Å². The summed E-state index contributed by atoms with van der Waals surface area (Å²) in [6.45, 7) is 0.455. The molecular formula is C14H15N3O2. The first kappa shape index (κ1) is 13.0. The molecular weight excluding hydrogens is 242 g/mol. The van der Waals surface area contributed by atoms with E-state index in [-0.39, 0.29) is 16.9 Å². The highest BCUT2D eigenvalue weighted by atomic mass is 16.2. The number of carbonyl (C=O) groups excluding carboxylic acids is 1. The minimum Gasteiger partial charge on any atom is -0.367 e. The van der Waals surface area contributed by atoms with Gasteiger partial charge in [-0.3, -0.25) is 9.59 Å². The standard InChI is InChI=1S/C14H15N3O2/c1-17(11-4-2-10(8-15)3-5-11)14(19)12-9-16-7-6-13(12)18/h2-7,9H,8,15H2,1H3,(H,16,18). The van der Waals surface area contributed by atoms with E-state index < -0.39 is 0 Å². The highest BCUT2D eigenvalue weighted by Crippen LogP contribution is 2.15. The van der Waals surface area contributed by atoms with Crippen molar-refractivity contribution in [2.24, 2.45) is 5.73 Å². The van der Waals surface area contributed by atoms with Gasteiger partial charge in [0.05, 0.1) is 0 Å². The Morgan fingerprint density at radius 3 is 2.53 bits per heavy atom. The molecule has 5 heteroatoms. The second-order valence-electron chi connectivity index (χ2n) is 4.16. The van der Waals surface area contributed by atoms with E-state index in [1.54, 1.807) is 19.2 Å². The Labute approximate surface area is 110 Å². The minimum atomic E-state index is -0.345. The SMILES string of the molecule is CN(C(=O)c1c[nH]ccc1=O)c1ccc(CN)cc1. The Bertz CT molecular complexity index is 632. The molecule has 0 saturated heterocycles. The average molecular weight is 257 g/mol. The Kier molecular flexibility index (Phi) is 3.77. The number of anilines is 1. The van der Waals surface area contributed by atoms with Gasteiger partial charge in [-0.25, -0.2) is 0 Å². The quantitative estimate of drug-likeness (QED) is 0.864. The van der Waals surface area contributed by atoms with Gasteiger partial charge in [0.25, 0.3) is 5.91 Å². The van der Waals surface area contributed by atoms with Crippen LogP contribution in [0.4, 0.5) is 5.69 Å². The number of rotatable bonds is 3. The zero-order chi connectivity index (χ0) is 13.8. The molecule has 0 unspecified atom stereocenters. The molecule has 0 spiro atoms. The number of nitrogens with zero attached hydrogens (tertiary/aromatic N) is 1. The van der Waals surface area contributed by atoms with E-state index in [0.29, 0.717) is 12.2 Å². The molecule has 1 amide bonds. The number of hydrogen-bond donors (Lipinski definition) is 2. The number of amides is 1. The van der Waals surface area contributed by atoms with Crippen LogP contribution in [0.2, 0.25) is 0 Å². The number of aromatic amines is 1. The van der Waals surface area contributed by atoms with E-state index in [1.165, 1.54) is 23.4 Å². The van der Waals surface area contributed by atoms with E-state index in [4.69, 9.17) is 5.73 Å². The van der Waals surface area contributed by atoms with Crippen LogP contribution in [0.3, 0.4) is 0 Å². The van der Waals surface area contributed by atoms with E-state index >= 15 is 0 Å². The van der Waals surface area contributed by atoms with Gasteiger partial charge in [0.15, 0.2) is 5.43 Å². The topological polar surface area (TPSA) is 79.2 Å². The minimum absolute atomic E-state index is 0.118. The molecule has 2 aromatic rings. The zero-order valence-electron chi connectivity index (χ0n) is 10.6. The third-order valence-electron chi connectivity index (χ3n) is 2.92. The number of aromatic nitrogens is 1. The third kappa shape index (κ3) is 2.71. The van der Waals surface area contributed by atoms with Crippen molar-refractivity contribution < 1.29 is 4.79 Å². The monoisotopic (exact) mass is 257 g/mol. The summed E-state index contributed by atoms with van der Waals surface area (Å²) in [6.07, 6.45) is 2.91. The first-order valence-electron chi connectivity index (χ1n) is 5.87. The molecule has 2 rings (SSSR count). The summed E-state index contributed by atoms with van der Waals surface area (Å²) >= 11 is 0. The van der Waals surface area contributed by atoms with Gasteiger partial charge >= 0.3 is 0 Å². The Morgan fingerprint density at radius 2 is 1.95 bits per heavy atom. The van der Waals surface area contributed by atoms with Crippen LogP contribution in [0.1, 0.15) is 15.9 Å². The van der Waals surface area contributed by atoms with Gasteiger partial charge in [-0.2, -0.15) is 0 Å². The Hall–Kier alpha value is -2.40. The molecule has 5 nitrogen and oxygen atoms in total. The van der Waals surface area contributed by atoms with Gasteiger partial charge in [-0.05, 0) is 17.7 Å². The molecule has 0 aliphatic carbocycles. The number of nitrogens with two attached hydrogens (primary N) is 1. The van der Waals surface area contributed by atoms with Crippen molar-refractivity contribution in [3.63, 3.8) is 0 Å². The van der Waals surface area contributed by atoms with E-state index in [9.17, 15) is 9.59 Å². The molecule has 1 aromatic carbocycles. The van der Waals surface area contributed by atoms with Gasteiger partial charge in [0.2, 0.25) is 0 Å². The number of H-pyrrole nitrogens is 1. The summed E-state index contributed by atoms with van der Waals surface area (Å²) in [6, 6.07) is 8.65. The second kappa shape index (κ2) is 5.49. The van der Waals surface area contributed by atoms with E-state index in [0.717, 1.165) is 5.56 Å². The van der Waals surface area contributed by atoms with Crippen LogP contribution in [-0.4, -0.2) is 17.9 Å². The molecule has 3 N–H and O–H groups in total. The van der Waals surface area contributed by atoms with Crippen LogP contribution in [0.5, 0.6) is 0 Å². The van der Waals surface area contributed by atoms with Crippen molar-refractivity contribution in [3.05, 3.63) is 64.1 Å². The van der Waals surface area contributed by atoms with Crippen molar-refractivity contribution in [2.75, 3.05) is 11.9 Å². The lowest BCUT2D eigenvalue weighted by Crippen LogP contribution is -2.30. The summed E-state index contributed by atoms with van der Waals surface area (Å²) < 4.78 is 0. The largest absolute Gasteiger partial charge is 0.367 e. The Balaban J connectivity index is 2.28. The summed E-state index contributed by atoms with van der Waals surface area (Å²) in [4.78, 5) is 28.0. The number of carbonyl (C=O) groups is 1. The van der Waals surface area contributed by atoms with Crippen LogP contribution in [0.15, 0.2) is 47.5 Å². The normalized spacial score (nSPS) is 10.2. The fourth-order valence-electron chi connectivity index (χ4n) is 1.74. The van der Waals surface area contributed by atoms with Crippen LogP contribution in [0, 0.1) is 0 Å². The number of pyridine rings is 1. The molecule has 98 valence electrons. The van der Waals surface area contributed by atoms with Crippen LogP contribution in [-0.2, 0) is 6.54 Å². The van der Waals surface area contributed by atoms with Crippen molar-refractivity contribution in [1.82, 2.24) is 4.98 Å². The van der Waals surface area contributed by atoms with Gasteiger partial charge in [-0.1, -0.05) is 12.1 Å². The van der Waals surface area contributed by atoms with Crippen LogP contribution < -0.4 is 16.1 Å². The maximum atomic E-state index is 12.2. The maximum absolute atomic E-state index is 12.2. The molecule has 1 heterocycles. The fourth-order valence-corrected chi connectivity index (χ4v) is 1.74. The first-order valence-corrected chi connectivity index (χ1v) is 5.87. The summed E-state index contributed by atoms with van der Waals surface area (Å²) in [5.41, 5.74) is 7.04. The van der Waals surface area contributed by atoms with Gasteiger partial charge in [0.1, 0.15) is 5.56 Å². The second-order valence-corrected chi connectivity index (χ2v) is 4.16. The predicted molar refractivity (Wildman–Crippen MR) is 74.1 cm³/mol. The smallest absolute Gasteiger partial charge is 0.263 e. The zero-order valence-corrected chi connectivity index (χ0v) is 10.6. The molecule has 0 aliphatic heterocycles. The van der Waals surface area contributed by atoms with Crippen molar-refractivity contribution in [1.29, 1.82) is 0 Å². The van der Waals surface area contributed by atoms with Crippen molar-refractivity contribution >= 4 is 11.6 Å². The first-order chi connectivity index (χ1) is 9.13. The molecule has 0 radical (unpaired) electrons. The molecule has 19 heavy (non-hydrogen) atoms. The van der Waals surface area contributed by atoms with E-state index in [2.05, 4.69) is 4.98 Å². The molecule has 0 fully saturated rings.